The Morgan fingerprint density at radius 3 is 2.52 bits per heavy atom. The van der Waals surface area contributed by atoms with E-state index in [1.165, 1.54) is 17.4 Å². The van der Waals surface area contributed by atoms with Crippen molar-refractivity contribution in [2.45, 2.75) is 0 Å². The largest absolute Gasteiger partial charge is 0.493 e. The highest BCUT2D eigenvalue weighted by atomic mass is 35.5. The lowest BCUT2D eigenvalue weighted by atomic mass is 10.1. The average Bonchev–Trinajstić information content (AvgIpc) is 3.17. The molecule has 10 heteroatoms. The standard InChI is InChI=1S/C19H15Cl2N3O3S2/c1-26-15-6-4-10(8-16(15)27-2)14-9-29-19(22-14)24-18(28)23-17(25)11-3-5-12(20)13(21)7-11/h3-9H,1-2H3,(H2,22,23,24,25,28). The van der Waals surface area contributed by atoms with E-state index in [9.17, 15) is 4.79 Å². The van der Waals surface area contributed by atoms with Gasteiger partial charge in [0.2, 0.25) is 0 Å². The smallest absolute Gasteiger partial charge is 0.257 e. The highest BCUT2D eigenvalue weighted by molar-refractivity contribution is 7.80. The van der Waals surface area contributed by atoms with Gasteiger partial charge in [-0.25, -0.2) is 4.98 Å². The van der Waals surface area contributed by atoms with Gasteiger partial charge in [-0.15, -0.1) is 11.3 Å². The van der Waals surface area contributed by atoms with Gasteiger partial charge in [0.15, 0.2) is 21.7 Å². The number of benzene rings is 2. The molecule has 2 aromatic carbocycles. The van der Waals surface area contributed by atoms with Gasteiger partial charge >= 0.3 is 0 Å². The van der Waals surface area contributed by atoms with Gasteiger partial charge in [0.1, 0.15) is 0 Å². The Morgan fingerprint density at radius 2 is 1.83 bits per heavy atom. The SMILES string of the molecule is COc1ccc(-c2csc(NC(=S)NC(=O)c3ccc(Cl)c(Cl)c3)n2)cc1OC. The normalized spacial score (nSPS) is 10.3. The molecule has 2 N–H and O–H groups in total. The van der Waals surface area contributed by atoms with Crippen molar-refractivity contribution in [3.05, 3.63) is 57.4 Å². The predicted molar refractivity (Wildman–Crippen MR) is 121 cm³/mol. The summed E-state index contributed by atoms with van der Waals surface area (Å²) < 4.78 is 10.6. The highest BCUT2D eigenvalue weighted by Gasteiger charge is 2.13. The van der Waals surface area contributed by atoms with Crippen LogP contribution in [-0.2, 0) is 0 Å². The van der Waals surface area contributed by atoms with E-state index >= 15 is 0 Å². The third-order valence-corrected chi connectivity index (χ3v) is 5.51. The number of anilines is 1. The molecule has 1 amide bonds. The van der Waals surface area contributed by atoms with Crippen LogP contribution in [0.4, 0.5) is 5.13 Å². The maximum absolute atomic E-state index is 12.3. The quantitative estimate of drug-likeness (QED) is 0.498. The molecule has 0 saturated heterocycles. The molecule has 0 aliphatic heterocycles. The van der Waals surface area contributed by atoms with Gasteiger partial charge in [0.25, 0.3) is 5.91 Å². The maximum atomic E-state index is 12.3. The van der Waals surface area contributed by atoms with E-state index in [1.807, 2.05) is 23.6 Å². The first kappa shape index (κ1) is 21.3. The predicted octanol–water partition coefficient (Wildman–Crippen LogP) is 5.26. The van der Waals surface area contributed by atoms with Crippen LogP contribution in [0.1, 0.15) is 10.4 Å². The Kier molecular flexibility index (Phi) is 6.92. The lowest BCUT2D eigenvalue weighted by Crippen LogP contribution is -2.34. The molecule has 3 rings (SSSR count). The van der Waals surface area contributed by atoms with Crippen molar-refractivity contribution in [2.24, 2.45) is 0 Å². The number of thiazole rings is 1. The third kappa shape index (κ3) is 5.16. The molecule has 0 atom stereocenters. The van der Waals surface area contributed by atoms with Crippen LogP contribution < -0.4 is 20.1 Å². The van der Waals surface area contributed by atoms with Gasteiger partial charge in [-0.05, 0) is 48.6 Å². The first-order valence-corrected chi connectivity index (χ1v) is 10.2. The van der Waals surface area contributed by atoms with E-state index in [4.69, 9.17) is 44.9 Å². The molecule has 0 unspecified atom stereocenters. The Labute approximate surface area is 186 Å². The number of hydrogen-bond donors (Lipinski definition) is 2. The fourth-order valence-corrected chi connectivity index (χ4v) is 3.68. The zero-order chi connectivity index (χ0) is 21.0. The number of thiocarbonyl (C=S) groups is 1. The number of amides is 1. The molecule has 1 heterocycles. The summed E-state index contributed by atoms with van der Waals surface area (Å²) in [6, 6.07) is 10.1. The zero-order valence-corrected chi connectivity index (χ0v) is 18.4. The number of rotatable bonds is 5. The second-order valence-electron chi connectivity index (χ2n) is 5.64. The topological polar surface area (TPSA) is 72.5 Å². The van der Waals surface area contributed by atoms with Gasteiger partial charge in [-0.3, -0.25) is 10.1 Å². The molecular weight excluding hydrogens is 453 g/mol. The summed E-state index contributed by atoms with van der Waals surface area (Å²) in [4.78, 5) is 16.8. The molecule has 1 aromatic heterocycles. The molecule has 0 spiro atoms. The van der Waals surface area contributed by atoms with Gasteiger partial charge < -0.3 is 14.8 Å². The fourth-order valence-electron chi connectivity index (χ4n) is 2.40. The molecule has 0 aliphatic carbocycles. The number of ether oxygens (including phenoxy) is 2. The molecule has 0 saturated carbocycles. The third-order valence-electron chi connectivity index (χ3n) is 3.81. The van der Waals surface area contributed by atoms with Gasteiger partial charge in [-0.2, -0.15) is 0 Å². The Balaban J connectivity index is 1.67. The molecule has 0 aliphatic rings. The Bertz CT molecular complexity index is 1070. The van der Waals surface area contributed by atoms with Gasteiger partial charge in [-0.1, -0.05) is 23.2 Å². The lowest BCUT2D eigenvalue weighted by Gasteiger charge is -2.09. The van der Waals surface area contributed by atoms with E-state index < -0.39 is 5.91 Å². The van der Waals surface area contributed by atoms with Crippen molar-refractivity contribution < 1.29 is 14.3 Å². The molecule has 3 aromatic rings. The molecule has 0 fully saturated rings. The van der Waals surface area contributed by atoms with Crippen molar-refractivity contribution in [1.29, 1.82) is 0 Å². The van der Waals surface area contributed by atoms with E-state index in [0.29, 0.717) is 27.2 Å². The maximum Gasteiger partial charge on any atom is 0.257 e. The van der Waals surface area contributed by atoms with Crippen molar-refractivity contribution in [3.8, 4) is 22.8 Å². The van der Waals surface area contributed by atoms with E-state index in [-0.39, 0.29) is 10.1 Å². The molecule has 6 nitrogen and oxygen atoms in total. The second-order valence-corrected chi connectivity index (χ2v) is 7.73. The molecule has 0 bridgehead atoms. The Morgan fingerprint density at radius 1 is 1.07 bits per heavy atom. The molecule has 29 heavy (non-hydrogen) atoms. The summed E-state index contributed by atoms with van der Waals surface area (Å²) >= 11 is 18.4. The number of carbonyl (C=O) groups is 1. The summed E-state index contributed by atoms with van der Waals surface area (Å²) in [7, 11) is 3.15. The van der Waals surface area contributed by atoms with E-state index in [0.717, 1.165) is 11.3 Å². The number of nitrogens with zero attached hydrogens (tertiary/aromatic N) is 1. The minimum Gasteiger partial charge on any atom is -0.493 e. The number of halogens is 2. The van der Waals surface area contributed by atoms with Crippen molar-refractivity contribution >= 4 is 62.9 Å². The summed E-state index contributed by atoms with van der Waals surface area (Å²) in [5.74, 6) is 0.839. The molecular formula is C19H15Cl2N3O3S2. The van der Waals surface area contributed by atoms with Crippen molar-refractivity contribution in [2.75, 3.05) is 19.5 Å². The van der Waals surface area contributed by atoms with E-state index in [1.54, 1.807) is 26.4 Å². The molecule has 150 valence electrons. The second kappa shape index (κ2) is 9.41. The van der Waals surface area contributed by atoms with Crippen LogP contribution in [0.5, 0.6) is 11.5 Å². The summed E-state index contributed by atoms with van der Waals surface area (Å²) in [5.41, 5.74) is 1.93. The van der Waals surface area contributed by atoms with Crippen LogP contribution in [-0.4, -0.2) is 30.2 Å². The number of carbonyl (C=O) groups excluding carboxylic acids is 1. The number of nitrogens with one attached hydrogen (secondary N) is 2. The summed E-state index contributed by atoms with van der Waals surface area (Å²) in [6.07, 6.45) is 0. The summed E-state index contributed by atoms with van der Waals surface area (Å²) in [6.45, 7) is 0. The first-order chi connectivity index (χ1) is 13.9. The number of hydrogen-bond acceptors (Lipinski definition) is 6. The number of aromatic nitrogens is 1. The minimum atomic E-state index is -0.405. The van der Waals surface area contributed by atoms with Crippen LogP contribution >= 0.6 is 46.8 Å². The van der Waals surface area contributed by atoms with Crippen LogP contribution in [0.2, 0.25) is 10.0 Å². The van der Waals surface area contributed by atoms with Gasteiger partial charge in [0, 0.05) is 16.5 Å². The number of methoxy groups -OCH3 is 2. The monoisotopic (exact) mass is 467 g/mol. The van der Waals surface area contributed by atoms with Crippen LogP contribution in [0, 0.1) is 0 Å². The first-order valence-electron chi connectivity index (χ1n) is 8.16. The van der Waals surface area contributed by atoms with Crippen molar-refractivity contribution in [3.63, 3.8) is 0 Å². The summed E-state index contributed by atoms with van der Waals surface area (Å²) in [5, 5.41) is 8.67. The zero-order valence-electron chi connectivity index (χ0n) is 15.3. The average molecular weight is 468 g/mol. The van der Waals surface area contributed by atoms with Crippen LogP contribution in [0.25, 0.3) is 11.3 Å². The minimum absolute atomic E-state index is 0.120. The lowest BCUT2D eigenvalue weighted by molar-refractivity contribution is 0.0977. The van der Waals surface area contributed by atoms with Crippen molar-refractivity contribution in [1.82, 2.24) is 10.3 Å². The van der Waals surface area contributed by atoms with Crippen LogP contribution in [0.15, 0.2) is 41.8 Å². The van der Waals surface area contributed by atoms with E-state index in [2.05, 4.69) is 15.6 Å². The highest BCUT2D eigenvalue weighted by Crippen LogP contribution is 2.33. The van der Waals surface area contributed by atoms with Crippen LogP contribution in [0.3, 0.4) is 0 Å². The van der Waals surface area contributed by atoms with Gasteiger partial charge in [0.05, 0.1) is 30.0 Å². The molecule has 0 radical (unpaired) electrons. The Hall–Kier alpha value is -2.39. The fraction of sp³-hybridized carbons (Fsp3) is 0.105.